The third kappa shape index (κ3) is 4.00. The van der Waals surface area contributed by atoms with E-state index in [1.165, 1.54) is 17.5 Å². The summed E-state index contributed by atoms with van der Waals surface area (Å²) in [5.74, 6) is -0.287. The lowest BCUT2D eigenvalue weighted by Crippen LogP contribution is -2.43. The summed E-state index contributed by atoms with van der Waals surface area (Å²) in [5, 5.41) is 3.28. The van der Waals surface area contributed by atoms with Gasteiger partial charge in [0.2, 0.25) is 15.9 Å². The number of carbonyl (C=O) groups excluding carboxylic acids is 1. The predicted molar refractivity (Wildman–Crippen MR) is 116 cm³/mol. The van der Waals surface area contributed by atoms with E-state index in [2.05, 4.69) is 14.1 Å². The third-order valence-corrected chi connectivity index (χ3v) is 7.72. The molecule has 2 aromatic carbocycles. The first-order valence-corrected chi connectivity index (χ1v) is 11.8. The van der Waals surface area contributed by atoms with Gasteiger partial charge in [-0.3, -0.25) is 4.79 Å². The number of hydrogen-bond acceptors (Lipinski definition) is 7. The molecule has 1 unspecified atom stereocenters. The van der Waals surface area contributed by atoms with E-state index in [1.54, 1.807) is 30.3 Å². The summed E-state index contributed by atoms with van der Waals surface area (Å²) < 4.78 is 41.4. The molecule has 0 bridgehead atoms. The number of ether oxygens (including phenoxy) is 1. The fraction of sp³-hybridized carbons (Fsp3) is 0.316. The van der Waals surface area contributed by atoms with E-state index in [0.29, 0.717) is 46.9 Å². The summed E-state index contributed by atoms with van der Waals surface area (Å²) in [5.41, 5.74) is 1.35. The summed E-state index contributed by atoms with van der Waals surface area (Å²) in [4.78, 5) is 13.0. The van der Waals surface area contributed by atoms with Crippen LogP contribution in [0.3, 0.4) is 0 Å². The van der Waals surface area contributed by atoms with Crippen LogP contribution < -0.4 is 10.1 Å². The molecule has 1 atom stereocenters. The zero-order valence-corrected chi connectivity index (χ0v) is 18.4. The van der Waals surface area contributed by atoms with E-state index in [1.807, 2.05) is 0 Å². The molecule has 0 spiro atoms. The molecule has 1 aliphatic rings. The maximum absolute atomic E-state index is 13.3. The van der Waals surface area contributed by atoms with Crippen LogP contribution in [-0.2, 0) is 14.8 Å². The number of hydrogen-bond donors (Lipinski definition) is 1. The molecule has 1 aliphatic heterocycles. The fourth-order valence-corrected chi connectivity index (χ4v) is 5.96. The van der Waals surface area contributed by atoms with Crippen molar-refractivity contribution in [3.8, 4) is 5.75 Å². The molecule has 1 amide bonds. The van der Waals surface area contributed by atoms with Crippen molar-refractivity contribution in [3.63, 3.8) is 0 Å². The van der Waals surface area contributed by atoms with Gasteiger partial charge in [0.1, 0.15) is 21.7 Å². The average molecular weight is 467 g/mol. The van der Waals surface area contributed by atoms with Crippen molar-refractivity contribution in [3.05, 3.63) is 41.4 Å². The molecule has 1 N–H and O–H groups in total. The number of sulfonamides is 1. The quantitative estimate of drug-likeness (QED) is 0.618. The van der Waals surface area contributed by atoms with Crippen LogP contribution in [0.5, 0.6) is 5.75 Å². The molecule has 4 rings (SSSR count). The maximum Gasteiger partial charge on any atom is 0.245 e. The normalized spacial score (nSPS) is 17.7. The summed E-state index contributed by atoms with van der Waals surface area (Å²) in [7, 11) is -2.30. The monoisotopic (exact) mass is 466 g/mol. The third-order valence-electron chi connectivity index (χ3n) is 5.04. The van der Waals surface area contributed by atoms with Gasteiger partial charge in [-0.15, -0.1) is 0 Å². The first kappa shape index (κ1) is 21.0. The van der Waals surface area contributed by atoms with Crippen molar-refractivity contribution >= 4 is 56.0 Å². The number of nitrogens with zero attached hydrogens (tertiary/aromatic N) is 3. The van der Waals surface area contributed by atoms with Crippen LogP contribution in [0.2, 0.25) is 5.02 Å². The van der Waals surface area contributed by atoms with Crippen LogP contribution in [0.1, 0.15) is 12.8 Å². The number of rotatable bonds is 5. The van der Waals surface area contributed by atoms with Crippen LogP contribution in [0, 0.1) is 5.92 Å². The molecule has 1 aromatic heterocycles. The van der Waals surface area contributed by atoms with E-state index in [0.717, 1.165) is 11.7 Å². The molecular weight excluding hydrogens is 448 g/mol. The number of anilines is 1. The largest absolute Gasteiger partial charge is 0.495 e. The second-order valence-electron chi connectivity index (χ2n) is 6.92. The molecule has 1 saturated heterocycles. The van der Waals surface area contributed by atoms with Gasteiger partial charge in [0.15, 0.2) is 0 Å². The van der Waals surface area contributed by atoms with Crippen molar-refractivity contribution < 1.29 is 17.9 Å². The Morgan fingerprint density at radius 3 is 2.93 bits per heavy atom. The van der Waals surface area contributed by atoms with Gasteiger partial charge in [0, 0.05) is 18.1 Å². The van der Waals surface area contributed by atoms with Crippen LogP contribution in [-0.4, -0.2) is 47.6 Å². The Balaban J connectivity index is 1.55. The fourth-order valence-electron chi connectivity index (χ4n) is 3.52. The number of piperidine rings is 1. The molecule has 0 saturated carbocycles. The van der Waals surface area contributed by atoms with Gasteiger partial charge in [-0.05, 0) is 43.2 Å². The number of methoxy groups -OCH3 is 1. The molecule has 3 aromatic rings. The lowest BCUT2D eigenvalue weighted by atomic mass is 9.98. The molecular formula is C19H19ClN4O4S2. The van der Waals surface area contributed by atoms with Crippen molar-refractivity contribution in [1.29, 1.82) is 0 Å². The Morgan fingerprint density at radius 2 is 2.13 bits per heavy atom. The Bertz CT molecular complexity index is 1200. The molecule has 0 radical (unpaired) electrons. The minimum Gasteiger partial charge on any atom is -0.495 e. The number of benzene rings is 2. The highest BCUT2D eigenvalue weighted by Gasteiger charge is 2.35. The lowest BCUT2D eigenvalue weighted by Gasteiger charge is -2.31. The molecule has 8 nitrogen and oxygen atoms in total. The molecule has 11 heteroatoms. The second-order valence-corrected chi connectivity index (χ2v) is 9.80. The van der Waals surface area contributed by atoms with E-state index < -0.39 is 15.9 Å². The first-order valence-electron chi connectivity index (χ1n) is 9.26. The van der Waals surface area contributed by atoms with Gasteiger partial charge in [0.05, 0.1) is 30.4 Å². The molecule has 1 fully saturated rings. The van der Waals surface area contributed by atoms with Crippen LogP contribution in [0.4, 0.5) is 5.69 Å². The average Bonchev–Trinajstić information content (AvgIpc) is 3.23. The highest BCUT2D eigenvalue weighted by atomic mass is 35.5. The van der Waals surface area contributed by atoms with Gasteiger partial charge in [-0.1, -0.05) is 17.7 Å². The zero-order chi connectivity index (χ0) is 21.3. The standard InChI is InChI=1S/C19H19ClN4O4S2/c1-28-16-8-7-13(20)10-15(16)21-19(25)12-4-3-9-24(11-12)30(26,27)17-6-2-5-14-18(17)23-29-22-14/h2,5-8,10,12H,3-4,9,11H2,1H3,(H,21,25). The van der Waals surface area contributed by atoms with E-state index in [9.17, 15) is 13.2 Å². The summed E-state index contributed by atoms with van der Waals surface area (Å²) >= 11 is 7.00. The Labute approximate surface area is 183 Å². The van der Waals surface area contributed by atoms with Crippen molar-refractivity contribution in [1.82, 2.24) is 13.1 Å². The smallest absolute Gasteiger partial charge is 0.245 e. The Kier molecular flexibility index (Phi) is 5.92. The highest BCUT2D eigenvalue weighted by Crippen LogP contribution is 2.31. The number of halogens is 1. The maximum atomic E-state index is 13.3. The van der Waals surface area contributed by atoms with Crippen molar-refractivity contribution in [2.24, 2.45) is 5.92 Å². The van der Waals surface area contributed by atoms with Crippen LogP contribution in [0.25, 0.3) is 11.0 Å². The minimum absolute atomic E-state index is 0.0883. The van der Waals surface area contributed by atoms with Crippen LogP contribution in [0.15, 0.2) is 41.3 Å². The first-order chi connectivity index (χ1) is 14.4. The molecule has 0 aliphatic carbocycles. The second kappa shape index (κ2) is 8.46. The number of amides is 1. The lowest BCUT2D eigenvalue weighted by molar-refractivity contribution is -0.120. The summed E-state index contributed by atoms with van der Waals surface area (Å²) in [6, 6.07) is 9.83. The number of fused-ring (bicyclic) bond motifs is 1. The van der Waals surface area contributed by atoms with Gasteiger partial charge < -0.3 is 10.1 Å². The van der Waals surface area contributed by atoms with Crippen molar-refractivity contribution in [2.75, 3.05) is 25.5 Å². The van der Waals surface area contributed by atoms with Crippen molar-refractivity contribution in [2.45, 2.75) is 17.7 Å². The zero-order valence-electron chi connectivity index (χ0n) is 16.0. The van der Waals surface area contributed by atoms with Gasteiger partial charge >= 0.3 is 0 Å². The SMILES string of the molecule is COc1ccc(Cl)cc1NC(=O)C1CCCN(S(=O)(=O)c2cccc3nsnc23)C1. The van der Waals surface area contributed by atoms with Gasteiger partial charge in [-0.2, -0.15) is 13.1 Å². The minimum atomic E-state index is -3.81. The predicted octanol–water partition coefficient (Wildman–Crippen LogP) is 3.39. The van der Waals surface area contributed by atoms with Crippen LogP contribution >= 0.6 is 23.3 Å². The molecule has 2 heterocycles. The van der Waals surface area contributed by atoms with E-state index in [-0.39, 0.29) is 17.3 Å². The topological polar surface area (TPSA) is 101 Å². The summed E-state index contributed by atoms with van der Waals surface area (Å²) in [6.45, 7) is 0.436. The van der Waals surface area contributed by atoms with E-state index >= 15 is 0 Å². The Morgan fingerprint density at radius 1 is 1.30 bits per heavy atom. The number of aromatic nitrogens is 2. The highest BCUT2D eigenvalue weighted by molar-refractivity contribution is 7.89. The molecule has 158 valence electrons. The van der Waals surface area contributed by atoms with E-state index in [4.69, 9.17) is 16.3 Å². The van der Waals surface area contributed by atoms with Gasteiger partial charge in [0.25, 0.3) is 0 Å². The number of nitrogens with one attached hydrogen (secondary N) is 1. The summed E-state index contributed by atoms with van der Waals surface area (Å²) in [6.07, 6.45) is 1.17. The molecule has 30 heavy (non-hydrogen) atoms. The number of carbonyl (C=O) groups is 1. The van der Waals surface area contributed by atoms with Gasteiger partial charge in [-0.25, -0.2) is 8.42 Å². The Hall–Kier alpha value is -2.27.